The van der Waals surface area contributed by atoms with E-state index in [1.54, 1.807) is 0 Å². The van der Waals surface area contributed by atoms with Gasteiger partial charge in [0.25, 0.3) is 0 Å². The van der Waals surface area contributed by atoms with Crippen molar-refractivity contribution in [3.63, 3.8) is 0 Å². The molecule has 0 spiro atoms. The van der Waals surface area contributed by atoms with Gasteiger partial charge in [0, 0.05) is 6.42 Å². The van der Waals surface area contributed by atoms with Crippen molar-refractivity contribution in [1.29, 1.82) is 0 Å². The zero-order valence-electron chi connectivity index (χ0n) is 11.7. The van der Waals surface area contributed by atoms with Gasteiger partial charge in [-0.1, -0.05) is 46.3 Å². The number of halogens is 1. The quantitative estimate of drug-likeness (QED) is 0.749. The molecule has 2 aromatic rings. The number of fused-ring (bicyclic) bond motifs is 2. The Bertz CT molecular complexity index is 643. The Hall–Kier alpha value is -1.48. The second-order valence-corrected chi connectivity index (χ2v) is 6.68. The van der Waals surface area contributed by atoms with Crippen molar-refractivity contribution < 1.29 is 9.47 Å². The number of alkyl halides is 1. The van der Waals surface area contributed by atoms with Gasteiger partial charge < -0.3 is 9.47 Å². The van der Waals surface area contributed by atoms with Gasteiger partial charge in [-0.15, -0.1) is 0 Å². The molecule has 0 aliphatic carbocycles. The summed E-state index contributed by atoms with van der Waals surface area (Å²) in [5.74, 6) is 2.06. The van der Waals surface area contributed by atoms with E-state index in [1.807, 2.05) is 6.07 Å². The highest BCUT2D eigenvalue weighted by molar-refractivity contribution is 9.09. The van der Waals surface area contributed by atoms with Gasteiger partial charge in [0.2, 0.25) is 0 Å². The summed E-state index contributed by atoms with van der Waals surface area (Å²) in [4.78, 5) is 0.206. The van der Waals surface area contributed by atoms with E-state index in [9.17, 15) is 0 Å². The molecular weight excluding hydrogens is 328 g/mol. The molecule has 0 N–H and O–H groups in total. The molecule has 2 aromatic carbocycles. The number of rotatable bonds is 2. The van der Waals surface area contributed by atoms with E-state index in [0.717, 1.165) is 37.4 Å². The Morgan fingerprint density at radius 3 is 2.86 bits per heavy atom. The van der Waals surface area contributed by atoms with Gasteiger partial charge in [0.15, 0.2) is 0 Å². The van der Waals surface area contributed by atoms with Crippen molar-refractivity contribution in [2.24, 2.45) is 0 Å². The summed E-state index contributed by atoms with van der Waals surface area (Å²) in [5, 5.41) is 0. The van der Waals surface area contributed by atoms with E-state index >= 15 is 0 Å². The van der Waals surface area contributed by atoms with Crippen molar-refractivity contribution in [2.75, 3.05) is 6.61 Å². The third-order valence-corrected chi connectivity index (χ3v) is 5.37. The standard InChI is InChI=1S/C18H17BrO2/c19-18(17-11-13-4-1-2-6-16(13)21-17)14-7-8-15-12(10-14)5-3-9-20-15/h1-2,4,6-8,10,17-18H,3,5,9,11H2. The molecule has 2 nitrogen and oxygen atoms in total. The van der Waals surface area contributed by atoms with E-state index < -0.39 is 0 Å². The molecule has 2 unspecified atom stereocenters. The van der Waals surface area contributed by atoms with Gasteiger partial charge in [-0.3, -0.25) is 0 Å². The van der Waals surface area contributed by atoms with Crippen LogP contribution in [0.4, 0.5) is 0 Å². The summed E-state index contributed by atoms with van der Waals surface area (Å²) < 4.78 is 11.8. The minimum atomic E-state index is 0.157. The minimum Gasteiger partial charge on any atom is -0.493 e. The van der Waals surface area contributed by atoms with Crippen LogP contribution in [-0.4, -0.2) is 12.7 Å². The van der Waals surface area contributed by atoms with Gasteiger partial charge >= 0.3 is 0 Å². The first-order valence-electron chi connectivity index (χ1n) is 7.45. The fourth-order valence-corrected chi connectivity index (χ4v) is 3.72. The largest absolute Gasteiger partial charge is 0.493 e. The highest BCUT2D eigenvalue weighted by atomic mass is 79.9. The van der Waals surface area contributed by atoms with Crippen LogP contribution in [0.5, 0.6) is 11.5 Å². The van der Waals surface area contributed by atoms with Crippen LogP contribution in [0.1, 0.15) is 27.9 Å². The van der Waals surface area contributed by atoms with Crippen molar-refractivity contribution in [1.82, 2.24) is 0 Å². The van der Waals surface area contributed by atoms with Crippen LogP contribution in [0.3, 0.4) is 0 Å². The van der Waals surface area contributed by atoms with E-state index in [2.05, 4.69) is 52.3 Å². The molecule has 0 bridgehead atoms. The van der Waals surface area contributed by atoms with E-state index in [-0.39, 0.29) is 10.9 Å². The fourth-order valence-electron chi connectivity index (χ4n) is 3.14. The molecule has 2 heterocycles. The van der Waals surface area contributed by atoms with Crippen LogP contribution < -0.4 is 9.47 Å². The van der Waals surface area contributed by atoms with Gasteiger partial charge in [-0.25, -0.2) is 0 Å². The lowest BCUT2D eigenvalue weighted by atomic mass is 9.98. The highest BCUT2D eigenvalue weighted by Gasteiger charge is 2.30. The average Bonchev–Trinajstić information content (AvgIpc) is 2.97. The SMILES string of the molecule is BrC(c1ccc2c(c1)CCCO2)C1Cc2ccccc2O1. The molecule has 2 atom stereocenters. The van der Waals surface area contributed by atoms with Crippen molar-refractivity contribution in [2.45, 2.75) is 30.2 Å². The molecule has 0 saturated carbocycles. The zero-order valence-corrected chi connectivity index (χ0v) is 13.3. The minimum absolute atomic E-state index is 0.157. The molecule has 4 rings (SSSR count). The number of aryl methyl sites for hydroxylation is 1. The molecule has 21 heavy (non-hydrogen) atoms. The van der Waals surface area contributed by atoms with Crippen LogP contribution in [0.2, 0.25) is 0 Å². The number of benzene rings is 2. The third-order valence-electron chi connectivity index (χ3n) is 4.25. The number of hydrogen-bond donors (Lipinski definition) is 0. The third kappa shape index (κ3) is 2.44. The Kier molecular flexibility index (Phi) is 3.38. The van der Waals surface area contributed by atoms with Gasteiger partial charge in [-0.2, -0.15) is 0 Å². The lowest BCUT2D eigenvalue weighted by Crippen LogP contribution is -2.19. The molecule has 0 amide bonds. The Morgan fingerprint density at radius 1 is 1.05 bits per heavy atom. The van der Waals surface area contributed by atoms with Crippen molar-refractivity contribution in [3.8, 4) is 11.5 Å². The van der Waals surface area contributed by atoms with Crippen LogP contribution in [-0.2, 0) is 12.8 Å². The highest BCUT2D eigenvalue weighted by Crippen LogP contribution is 2.39. The van der Waals surface area contributed by atoms with Crippen LogP contribution >= 0.6 is 15.9 Å². The second-order valence-electron chi connectivity index (χ2n) is 5.69. The van der Waals surface area contributed by atoms with Gasteiger partial charge in [0.05, 0.1) is 11.4 Å². The number of para-hydroxylation sites is 1. The molecule has 0 aromatic heterocycles. The maximum absolute atomic E-state index is 6.09. The first-order chi connectivity index (χ1) is 10.3. The van der Waals surface area contributed by atoms with E-state index in [1.165, 1.54) is 16.7 Å². The normalized spacial score (nSPS) is 20.9. The first-order valence-corrected chi connectivity index (χ1v) is 8.37. The van der Waals surface area contributed by atoms with Crippen molar-refractivity contribution in [3.05, 3.63) is 59.2 Å². The van der Waals surface area contributed by atoms with Crippen LogP contribution in [0.25, 0.3) is 0 Å². The molecule has 2 aliphatic rings. The Morgan fingerprint density at radius 2 is 1.95 bits per heavy atom. The fraction of sp³-hybridized carbons (Fsp3) is 0.333. The monoisotopic (exact) mass is 344 g/mol. The molecule has 0 saturated heterocycles. The topological polar surface area (TPSA) is 18.5 Å². The average molecular weight is 345 g/mol. The summed E-state index contributed by atoms with van der Waals surface area (Å²) >= 11 is 3.83. The zero-order chi connectivity index (χ0) is 14.2. The number of hydrogen-bond acceptors (Lipinski definition) is 2. The van der Waals surface area contributed by atoms with Gasteiger partial charge in [-0.05, 0) is 41.7 Å². The molecule has 0 radical (unpaired) electrons. The summed E-state index contributed by atoms with van der Waals surface area (Å²) in [6, 6.07) is 14.8. The Balaban J connectivity index is 1.57. The maximum Gasteiger partial charge on any atom is 0.123 e. The van der Waals surface area contributed by atoms with E-state index in [4.69, 9.17) is 9.47 Å². The van der Waals surface area contributed by atoms with Gasteiger partial charge in [0.1, 0.15) is 17.6 Å². The Labute approximate surface area is 133 Å². The smallest absolute Gasteiger partial charge is 0.123 e. The summed E-state index contributed by atoms with van der Waals surface area (Å²) in [7, 11) is 0. The predicted molar refractivity (Wildman–Crippen MR) is 86.5 cm³/mol. The molecule has 108 valence electrons. The summed E-state index contributed by atoms with van der Waals surface area (Å²) in [6.45, 7) is 0.838. The van der Waals surface area contributed by atoms with Crippen LogP contribution in [0, 0.1) is 0 Å². The van der Waals surface area contributed by atoms with E-state index in [0.29, 0.717) is 0 Å². The summed E-state index contributed by atoms with van der Waals surface area (Å²) in [6.07, 6.45) is 3.33. The second kappa shape index (κ2) is 5.38. The van der Waals surface area contributed by atoms with Crippen LogP contribution in [0.15, 0.2) is 42.5 Å². The van der Waals surface area contributed by atoms with Crippen molar-refractivity contribution >= 4 is 15.9 Å². The lowest BCUT2D eigenvalue weighted by Gasteiger charge is -2.22. The first kappa shape index (κ1) is 13.2. The number of ether oxygens (including phenoxy) is 2. The summed E-state index contributed by atoms with van der Waals surface area (Å²) in [5.41, 5.74) is 3.89. The predicted octanol–water partition coefficient (Wildman–Crippen LogP) is 4.45. The molecule has 0 fully saturated rings. The lowest BCUT2D eigenvalue weighted by molar-refractivity contribution is 0.231. The molecule has 2 aliphatic heterocycles. The maximum atomic E-state index is 6.09. The molecular formula is C18H17BrO2. The molecule has 3 heteroatoms.